The number of hydrogen-bond donors (Lipinski definition) is 1. The SMILES string of the molecule is O=S(=O)(Nc1ccc(F)c(F)c1F)c1ccc2c(c1)CCCC2. The van der Waals surface area contributed by atoms with Crippen LogP contribution in [-0.2, 0) is 22.9 Å². The summed E-state index contributed by atoms with van der Waals surface area (Å²) in [5.41, 5.74) is 1.43. The quantitative estimate of drug-likeness (QED) is 0.864. The maximum atomic E-state index is 13.6. The third-order valence-corrected chi connectivity index (χ3v) is 5.27. The van der Waals surface area contributed by atoms with E-state index in [0.717, 1.165) is 42.9 Å². The Morgan fingerprint density at radius 1 is 0.870 bits per heavy atom. The summed E-state index contributed by atoms with van der Waals surface area (Å²) in [5, 5.41) is 0. The second kappa shape index (κ2) is 5.88. The number of nitrogens with one attached hydrogen (secondary N) is 1. The van der Waals surface area contributed by atoms with E-state index in [9.17, 15) is 21.6 Å². The van der Waals surface area contributed by atoms with Crippen molar-refractivity contribution in [3.8, 4) is 0 Å². The van der Waals surface area contributed by atoms with E-state index in [1.165, 1.54) is 6.07 Å². The van der Waals surface area contributed by atoms with Crippen LogP contribution in [0.4, 0.5) is 18.9 Å². The number of anilines is 1. The number of fused-ring (bicyclic) bond motifs is 1. The molecule has 3 rings (SSSR count). The number of hydrogen-bond acceptors (Lipinski definition) is 2. The number of rotatable bonds is 3. The van der Waals surface area contributed by atoms with Crippen molar-refractivity contribution in [2.45, 2.75) is 30.6 Å². The summed E-state index contributed by atoms with van der Waals surface area (Å²) in [4.78, 5) is -0.0257. The minimum atomic E-state index is -4.08. The predicted molar refractivity (Wildman–Crippen MR) is 80.2 cm³/mol. The molecule has 2 aromatic rings. The Kier molecular flexibility index (Phi) is 4.06. The highest BCUT2D eigenvalue weighted by atomic mass is 32.2. The fraction of sp³-hybridized carbons (Fsp3) is 0.250. The van der Waals surface area contributed by atoms with Gasteiger partial charge in [-0.25, -0.2) is 21.6 Å². The molecule has 0 fully saturated rings. The van der Waals surface area contributed by atoms with Crippen LogP contribution >= 0.6 is 0 Å². The summed E-state index contributed by atoms with van der Waals surface area (Å²) in [7, 11) is -4.08. The van der Waals surface area contributed by atoms with Gasteiger partial charge in [-0.3, -0.25) is 4.72 Å². The van der Waals surface area contributed by atoms with Crippen molar-refractivity contribution in [3.63, 3.8) is 0 Å². The molecule has 1 aliphatic carbocycles. The lowest BCUT2D eigenvalue weighted by atomic mass is 9.92. The van der Waals surface area contributed by atoms with Gasteiger partial charge in [-0.15, -0.1) is 0 Å². The molecular formula is C16H14F3NO2S. The standard InChI is InChI=1S/C16H14F3NO2S/c17-13-7-8-14(16(19)15(13)18)20-23(21,22)12-6-5-10-3-1-2-4-11(10)9-12/h5-9,20H,1-4H2. The molecule has 0 saturated carbocycles. The third kappa shape index (κ3) is 3.06. The number of benzene rings is 2. The minimum Gasteiger partial charge on any atom is -0.277 e. The number of aryl methyl sites for hydroxylation is 2. The Balaban J connectivity index is 1.95. The van der Waals surface area contributed by atoms with Crippen LogP contribution in [0.2, 0.25) is 0 Å². The van der Waals surface area contributed by atoms with Crippen LogP contribution < -0.4 is 4.72 Å². The Hall–Kier alpha value is -2.02. The molecule has 122 valence electrons. The van der Waals surface area contributed by atoms with Crippen LogP contribution in [0.5, 0.6) is 0 Å². The van der Waals surface area contributed by atoms with Gasteiger partial charge < -0.3 is 0 Å². The van der Waals surface area contributed by atoms with Gasteiger partial charge in [-0.1, -0.05) is 6.07 Å². The van der Waals surface area contributed by atoms with E-state index in [0.29, 0.717) is 6.07 Å². The highest BCUT2D eigenvalue weighted by Gasteiger charge is 2.21. The molecule has 0 unspecified atom stereocenters. The molecule has 0 atom stereocenters. The van der Waals surface area contributed by atoms with Crippen molar-refractivity contribution in [1.29, 1.82) is 0 Å². The minimum absolute atomic E-state index is 0.0257. The summed E-state index contributed by atoms with van der Waals surface area (Å²) < 4.78 is 66.4. The Labute approximate surface area is 132 Å². The summed E-state index contributed by atoms with van der Waals surface area (Å²) in [6.45, 7) is 0. The third-order valence-electron chi connectivity index (χ3n) is 3.91. The first kappa shape index (κ1) is 15.9. The largest absolute Gasteiger partial charge is 0.277 e. The monoisotopic (exact) mass is 341 g/mol. The van der Waals surface area contributed by atoms with E-state index in [2.05, 4.69) is 0 Å². The van der Waals surface area contributed by atoms with E-state index < -0.39 is 33.2 Å². The van der Waals surface area contributed by atoms with Crippen molar-refractivity contribution in [3.05, 3.63) is 58.9 Å². The number of sulfonamides is 1. The van der Waals surface area contributed by atoms with Gasteiger partial charge in [0, 0.05) is 0 Å². The molecule has 0 aromatic heterocycles. The first-order valence-electron chi connectivity index (χ1n) is 7.16. The van der Waals surface area contributed by atoms with Crippen LogP contribution in [0.1, 0.15) is 24.0 Å². The second-order valence-corrected chi connectivity index (χ2v) is 7.15. The smallest absolute Gasteiger partial charge is 0.261 e. The first-order chi connectivity index (χ1) is 10.9. The van der Waals surface area contributed by atoms with Gasteiger partial charge in [-0.05, 0) is 61.1 Å². The maximum Gasteiger partial charge on any atom is 0.261 e. The van der Waals surface area contributed by atoms with Crippen molar-refractivity contribution >= 4 is 15.7 Å². The lowest BCUT2D eigenvalue weighted by molar-refractivity contribution is 0.449. The summed E-state index contributed by atoms with van der Waals surface area (Å²) in [6, 6.07) is 6.25. The molecule has 0 bridgehead atoms. The average molecular weight is 341 g/mol. The van der Waals surface area contributed by atoms with E-state index in [-0.39, 0.29) is 4.90 Å². The molecule has 0 saturated heterocycles. The molecule has 23 heavy (non-hydrogen) atoms. The Morgan fingerprint density at radius 2 is 1.57 bits per heavy atom. The predicted octanol–water partition coefficient (Wildman–Crippen LogP) is 3.78. The Bertz CT molecular complexity index is 866. The van der Waals surface area contributed by atoms with E-state index >= 15 is 0 Å². The molecule has 2 aromatic carbocycles. The van der Waals surface area contributed by atoms with Crippen LogP contribution in [0, 0.1) is 17.5 Å². The second-order valence-electron chi connectivity index (χ2n) is 5.47. The molecule has 0 spiro atoms. The van der Waals surface area contributed by atoms with Gasteiger partial charge >= 0.3 is 0 Å². The molecule has 0 radical (unpaired) electrons. The lowest BCUT2D eigenvalue weighted by Gasteiger charge is -2.17. The number of halogens is 3. The van der Waals surface area contributed by atoms with E-state index in [4.69, 9.17) is 0 Å². The highest BCUT2D eigenvalue weighted by molar-refractivity contribution is 7.92. The highest BCUT2D eigenvalue weighted by Crippen LogP contribution is 2.26. The van der Waals surface area contributed by atoms with Crippen LogP contribution in [0.25, 0.3) is 0 Å². The molecule has 1 N–H and O–H groups in total. The van der Waals surface area contributed by atoms with Gasteiger partial charge in [0.15, 0.2) is 17.5 Å². The van der Waals surface area contributed by atoms with Gasteiger partial charge in [-0.2, -0.15) is 0 Å². The lowest BCUT2D eigenvalue weighted by Crippen LogP contribution is -2.16. The molecular weight excluding hydrogens is 327 g/mol. The molecule has 0 aliphatic heterocycles. The van der Waals surface area contributed by atoms with Crippen LogP contribution in [0.3, 0.4) is 0 Å². The zero-order chi connectivity index (χ0) is 16.6. The molecule has 0 heterocycles. The van der Waals surface area contributed by atoms with Crippen molar-refractivity contribution in [2.24, 2.45) is 0 Å². The summed E-state index contributed by atoms with van der Waals surface area (Å²) in [6.07, 6.45) is 3.75. The summed E-state index contributed by atoms with van der Waals surface area (Å²) in [5.74, 6) is -4.65. The van der Waals surface area contributed by atoms with Crippen molar-refractivity contribution in [2.75, 3.05) is 4.72 Å². The zero-order valence-electron chi connectivity index (χ0n) is 12.1. The maximum absolute atomic E-state index is 13.6. The summed E-state index contributed by atoms with van der Waals surface area (Å²) >= 11 is 0. The normalized spacial score (nSPS) is 14.4. The first-order valence-corrected chi connectivity index (χ1v) is 8.65. The molecule has 1 aliphatic rings. The van der Waals surface area contributed by atoms with Gasteiger partial charge in [0.1, 0.15) is 0 Å². The average Bonchev–Trinajstić information content (AvgIpc) is 2.55. The topological polar surface area (TPSA) is 46.2 Å². The van der Waals surface area contributed by atoms with Crippen LogP contribution in [-0.4, -0.2) is 8.42 Å². The van der Waals surface area contributed by atoms with E-state index in [1.54, 1.807) is 12.1 Å². The van der Waals surface area contributed by atoms with Crippen molar-refractivity contribution < 1.29 is 21.6 Å². The Morgan fingerprint density at radius 3 is 2.30 bits per heavy atom. The molecule has 7 heteroatoms. The molecule has 3 nitrogen and oxygen atoms in total. The zero-order valence-corrected chi connectivity index (χ0v) is 12.9. The van der Waals surface area contributed by atoms with Crippen molar-refractivity contribution in [1.82, 2.24) is 0 Å². The van der Waals surface area contributed by atoms with Crippen LogP contribution in [0.15, 0.2) is 35.2 Å². The van der Waals surface area contributed by atoms with Gasteiger partial charge in [0.05, 0.1) is 10.6 Å². The van der Waals surface area contributed by atoms with E-state index in [1.807, 2.05) is 4.72 Å². The fourth-order valence-corrected chi connectivity index (χ4v) is 3.79. The van der Waals surface area contributed by atoms with Gasteiger partial charge in [0.2, 0.25) is 0 Å². The fourth-order valence-electron chi connectivity index (χ4n) is 2.69. The van der Waals surface area contributed by atoms with Gasteiger partial charge in [0.25, 0.3) is 10.0 Å². The molecule has 0 amide bonds.